The minimum absolute atomic E-state index is 0.0334. The fraction of sp³-hybridized carbons (Fsp3) is 0.895. The molecule has 0 saturated heterocycles. The van der Waals surface area contributed by atoms with E-state index in [9.17, 15) is 9.59 Å². The van der Waals surface area contributed by atoms with Crippen molar-refractivity contribution in [1.82, 2.24) is 15.0 Å². The van der Waals surface area contributed by atoms with Gasteiger partial charge < -0.3 is 61.6 Å². The Morgan fingerprint density at radius 2 is 0.696 bits per heavy atom. The Balaban J connectivity index is 1.65. The minimum Gasteiger partial charge on any atom is -0.379 e. The molecule has 0 amide bonds. The summed E-state index contributed by atoms with van der Waals surface area (Å²) in [6, 6.07) is 0. The molecular weight excluding hydrogens is 738 g/mol. The molecule has 0 saturated carbocycles. The highest BCUT2D eigenvalue weighted by molar-refractivity contribution is 5.80. The lowest BCUT2D eigenvalue weighted by atomic mass is 10.1. The van der Waals surface area contributed by atoms with Gasteiger partial charge in [0.05, 0.1) is 178 Å². The SMILES string of the molecule is CC(C)C(=O)CCOCCOCCOCCOCCOCCOCCOCCOCCOCCOCCOCCOCCOCc1cn(CC(=O)C(C)C)nn1. The Morgan fingerprint density at radius 3 is 0.982 bits per heavy atom. The first-order valence-electron chi connectivity index (χ1n) is 19.8. The van der Waals surface area contributed by atoms with Gasteiger partial charge in [-0.15, -0.1) is 5.10 Å². The van der Waals surface area contributed by atoms with Crippen molar-refractivity contribution in [2.24, 2.45) is 11.8 Å². The van der Waals surface area contributed by atoms with Crippen molar-refractivity contribution < 1.29 is 71.2 Å². The van der Waals surface area contributed by atoms with Gasteiger partial charge in [0, 0.05) is 18.3 Å². The van der Waals surface area contributed by atoms with Crippen LogP contribution >= 0.6 is 0 Å². The number of carbonyl (C=O) groups excluding carboxylic acids is 2. The van der Waals surface area contributed by atoms with Crippen LogP contribution in [0.25, 0.3) is 0 Å². The van der Waals surface area contributed by atoms with E-state index in [-0.39, 0.29) is 29.9 Å². The number of Topliss-reactive ketones (excluding diaryl/α,β-unsaturated/α-hetero) is 2. The van der Waals surface area contributed by atoms with E-state index in [0.29, 0.717) is 184 Å². The summed E-state index contributed by atoms with van der Waals surface area (Å²) in [7, 11) is 0. The lowest BCUT2D eigenvalue weighted by Gasteiger charge is -2.09. The van der Waals surface area contributed by atoms with Gasteiger partial charge in [0.15, 0.2) is 5.78 Å². The number of nitrogens with zero attached hydrogens (tertiary/aromatic N) is 3. The van der Waals surface area contributed by atoms with Crippen LogP contribution in [0.15, 0.2) is 6.20 Å². The molecule has 0 radical (unpaired) electrons. The molecule has 1 rings (SSSR count). The predicted octanol–water partition coefficient (Wildman–Crippen LogP) is 1.83. The molecule has 328 valence electrons. The van der Waals surface area contributed by atoms with Crippen LogP contribution in [0.5, 0.6) is 0 Å². The van der Waals surface area contributed by atoms with E-state index >= 15 is 0 Å². The van der Waals surface area contributed by atoms with Crippen molar-refractivity contribution in [1.29, 1.82) is 0 Å². The molecular formula is C38H71N3O15. The second kappa shape index (κ2) is 39.8. The Hall–Kier alpha value is -2.04. The molecule has 0 aromatic carbocycles. The molecule has 1 aromatic rings. The first-order valence-corrected chi connectivity index (χ1v) is 19.8. The molecule has 0 aliphatic heterocycles. The number of hydrogen-bond acceptors (Lipinski definition) is 17. The first-order chi connectivity index (χ1) is 27.4. The summed E-state index contributed by atoms with van der Waals surface area (Å²) in [5, 5.41) is 7.96. The fourth-order valence-electron chi connectivity index (χ4n) is 4.10. The average Bonchev–Trinajstić information content (AvgIpc) is 3.63. The van der Waals surface area contributed by atoms with E-state index in [1.54, 1.807) is 6.20 Å². The van der Waals surface area contributed by atoms with Gasteiger partial charge in [-0.25, -0.2) is 4.68 Å². The van der Waals surface area contributed by atoms with Crippen molar-refractivity contribution >= 4 is 11.6 Å². The number of hydrogen-bond donors (Lipinski definition) is 0. The molecule has 18 heteroatoms. The van der Waals surface area contributed by atoms with Crippen molar-refractivity contribution in [3.05, 3.63) is 11.9 Å². The molecule has 0 N–H and O–H groups in total. The molecule has 18 nitrogen and oxygen atoms in total. The van der Waals surface area contributed by atoms with Gasteiger partial charge in [-0.05, 0) is 0 Å². The van der Waals surface area contributed by atoms with Gasteiger partial charge in [0.2, 0.25) is 0 Å². The van der Waals surface area contributed by atoms with E-state index in [4.69, 9.17) is 61.6 Å². The average molecular weight is 810 g/mol. The van der Waals surface area contributed by atoms with Crippen LogP contribution in [-0.4, -0.2) is 192 Å². The molecule has 0 atom stereocenters. The van der Waals surface area contributed by atoms with E-state index in [0.717, 1.165) is 0 Å². The number of ether oxygens (including phenoxy) is 13. The van der Waals surface area contributed by atoms with Crippen LogP contribution in [0.2, 0.25) is 0 Å². The standard InChI is InChI=1S/C38H71N3O15/c1-34(2)37(42)5-6-44-7-8-45-9-10-46-11-12-47-13-14-48-15-16-49-17-18-50-19-20-51-21-22-52-23-24-53-25-26-54-27-28-55-29-30-56-33-36-31-41(40-39-36)32-38(43)35(3)4/h31,34-35H,5-30,32-33H2,1-4H3. The highest BCUT2D eigenvalue weighted by atomic mass is 16.6. The third-order valence-corrected chi connectivity index (χ3v) is 7.40. The Kier molecular flexibility index (Phi) is 36.9. The Labute approximate surface area is 333 Å². The maximum absolute atomic E-state index is 11.8. The fourth-order valence-corrected chi connectivity index (χ4v) is 4.10. The summed E-state index contributed by atoms with van der Waals surface area (Å²) in [6.45, 7) is 20.0. The van der Waals surface area contributed by atoms with Gasteiger partial charge in [-0.3, -0.25) is 9.59 Å². The molecule has 0 bridgehead atoms. The van der Waals surface area contributed by atoms with E-state index in [1.807, 2.05) is 27.7 Å². The third-order valence-electron chi connectivity index (χ3n) is 7.40. The summed E-state index contributed by atoms with van der Waals surface area (Å²) in [5.41, 5.74) is 0.674. The molecule has 0 spiro atoms. The van der Waals surface area contributed by atoms with Crippen LogP contribution in [0, 0.1) is 11.8 Å². The Bertz CT molecular complexity index is 1020. The van der Waals surface area contributed by atoms with Gasteiger partial charge in [-0.1, -0.05) is 32.9 Å². The first kappa shape index (κ1) is 52.0. The van der Waals surface area contributed by atoms with Crippen LogP contribution in [0.1, 0.15) is 39.8 Å². The Morgan fingerprint density at radius 1 is 0.429 bits per heavy atom. The van der Waals surface area contributed by atoms with Crippen LogP contribution in [0.3, 0.4) is 0 Å². The minimum atomic E-state index is -0.0334. The lowest BCUT2D eigenvalue weighted by molar-refractivity contribution is -0.123. The highest BCUT2D eigenvalue weighted by Crippen LogP contribution is 2.01. The zero-order chi connectivity index (χ0) is 40.6. The molecule has 0 aliphatic rings. The number of carbonyl (C=O) groups is 2. The van der Waals surface area contributed by atoms with Crippen molar-refractivity contribution in [3.8, 4) is 0 Å². The summed E-state index contributed by atoms with van der Waals surface area (Å²) < 4.78 is 72.7. The van der Waals surface area contributed by atoms with Crippen molar-refractivity contribution in [3.63, 3.8) is 0 Å². The largest absolute Gasteiger partial charge is 0.379 e. The molecule has 0 fully saturated rings. The second-order valence-electron chi connectivity index (χ2n) is 12.8. The molecule has 56 heavy (non-hydrogen) atoms. The molecule has 1 aromatic heterocycles. The predicted molar refractivity (Wildman–Crippen MR) is 204 cm³/mol. The maximum Gasteiger partial charge on any atom is 0.156 e. The summed E-state index contributed by atoms with van der Waals surface area (Å²) in [5.74, 6) is 0.345. The zero-order valence-electron chi connectivity index (χ0n) is 34.5. The van der Waals surface area contributed by atoms with E-state index in [2.05, 4.69) is 10.3 Å². The van der Waals surface area contributed by atoms with Crippen LogP contribution in [0.4, 0.5) is 0 Å². The number of ketones is 2. The highest BCUT2D eigenvalue weighted by Gasteiger charge is 2.10. The maximum atomic E-state index is 11.8. The van der Waals surface area contributed by atoms with E-state index in [1.165, 1.54) is 4.68 Å². The summed E-state index contributed by atoms with van der Waals surface area (Å²) in [6.07, 6.45) is 2.17. The van der Waals surface area contributed by atoms with Gasteiger partial charge in [0.1, 0.15) is 18.0 Å². The number of rotatable bonds is 45. The lowest BCUT2D eigenvalue weighted by Crippen LogP contribution is -2.16. The van der Waals surface area contributed by atoms with Gasteiger partial charge in [0.25, 0.3) is 0 Å². The zero-order valence-corrected chi connectivity index (χ0v) is 34.5. The van der Waals surface area contributed by atoms with Crippen LogP contribution < -0.4 is 0 Å². The van der Waals surface area contributed by atoms with Crippen molar-refractivity contribution in [2.45, 2.75) is 47.3 Å². The third kappa shape index (κ3) is 35.1. The second-order valence-corrected chi connectivity index (χ2v) is 12.8. The summed E-state index contributed by atoms with van der Waals surface area (Å²) >= 11 is 0. The topological polar surface area (TPSA) is 185 Å². The number of aromatic nitrogens is 3. The summed E-state index contributed by atoms with van der Waals surface area (Å²) in [4.78, 5) is 23.3. The van der Waals surface area contributed by atoms with Crippen molar-refractivity contribution in [2.75, 3.05) is 165 Å². The van der Waals surface area contributed by atoms with Gasteiger partial charge >= 0.3 is 0 Å². The monoisotopic (exact) mass is 809 g/mol. The molecule has 0 unspecified atom stereocenters. The van der Waals surface area contributed by atoms with Crippen LogP contribution in [-0.2, 0) is 84.3 Å². The van der Waals surface area contributed by atoms with Gasteiger partial charge in [-0.2, -0.15) is 0 Å². The van der Waals surface area contributed by atoms with E-state index < -0.39 is 0 Å². The molecule has 1 heterocycles. The normalized spacial score (nSPS) is 11.8. The molecule has 0 aliphatic carbocycles. The smallest absolute Gasteiger partial charge is 0.156 e. The quantitative estimate of drug-likeness (QED) is 0.0869.